The molecule has 4 nitrogen and oxygen atoms in total. The highest BCUT2D eigenvalue weighted by Gasteiger charge is 2.21. The van der Waals surface area contributed by atoms with Crippen LogP contribution in [0.2, 0.25) is 4.34 Å². The van der Waals surface area contributed by atoms with Gasteiger partial charge in [0, 0.05) is 37.6 Å². The van der Waals surface area contributed by atoms with Crippen molar-refractivity contribution in [3.8, 4) is 5.75 Å². The number of hydrogen-bond acceptors (Lipinski definition) is 4. The summed E-state index contributed by atoms with van der Waals surface area (Å²) >= 11 is 7.54. The van der Waals surface area contributed by atoms with Crippen molar-refractivity contribution in [2.45, 2.75) is 19.6 Å². The average Bonchev–Trinajstić information content (AvgIpc) is 3.01. The summed E-state index contributed by atoms with van der Waals surface area (Å²) < 4.78 is 29.4. The Morgan fingerprint density at radius 3 is 2.38 bits per heavy atom. The number of benzene rings is 1. The number of piperazine rings is 1. The number of carbonyl (C=O) groups excluding carboxylic acids is 1. The Labute approximate surface area is 159 Å². The van der Waals surface area contributed by atoms with E-state index in [2.05, 4.69) is 9.64 Å². The SMILES string of the molecule is O=C(Cc1ccc(OC(F)F)cc1)N1CCN(Cc2ccc(Cl)s2)CC1. The molecular formula is C18H19ClF2N2O2S. The summed E-state index contributed by atoms with van der Waals surface area (Å²) in [5.74, 6) is 0.143. The van der Waals surface area contributed by atoms with Crippen molar-refractivity contribution < 1.29 is 18.3 Å². The molecule has 0 unspecified atom stereocenters. The van der Waals surface area contributed by atoms with E-state index in [-0.39, 0.29) is 18.1 Å². The molecule has 1 amide bonds. The third-order valence-corrected chi connectivity index (χ3v) is 5.45. The van der Waals surface area contributed by atoms with Gasteiger partial charge in [0.1, 0.15) is 5.75 Å². The number of carbonyl (C=O) groups is 1. The number of nitrogens with zero attached hydrogens (tertiary/aromatic N) is 2. The van der Waals surface area contributed by atoms with Gasteiger partial charge < -0.3 is 9.64 Å². The van der Waals surface area contributed by atoms with Gasteiger partial charge in [0.15, 0.2) is 0 Å². The zero-order chi connectivity index (χ0) is 18.5. The molecule has 26 heavy (non-hydrogen) atoms. The number of halogens is 3. The standard InChI is InChI=1S/C18H19ClF2N2O2S/c19-16-6-5-15(26-16)12-22-7-9-23(10-8-22)17(24)11-13-1-3-14(4-2-13)25-18(20)21/h1-6,18H,7-12H2. The topological polar surface area (TPSA) is 32.8 Å². The van der Waals surface area contributed by atoms with Crippen molar-refractivity contribution in [3.05, 3.63) is 51.2 Å². The largest absolute Gasteiger partial charge is 0.435 e. The van der Waals surface area contributed by atoms with Crippen LogP contribution in [0.15, 0.2) is 36.4 Å². The van der Waals surface area contributed by atoms with E-state index in [0.29, 0.717) is 13.1 Å². The molecule has 1 aromatic carbocycles. The molecule has 8 heteroatoms. The molecule has 2 heterocycles. The maximum absolute atomic E-state index is 12.4. The molecule has 0 bridgehead atoms. The highest BCUT2D eigenvalue weighted by Crippen LogP contribution is 2.23. The van der Waals surface area contributed by atoms with Crippen LogP contribution in [-0.2, 0) is 17.8 Å². The third kappa shape index (κ3) is 5.40. The summed E-state index contributed by atoms with van der Waals surface area (Å²) in [5, 5.41) is 0. The van der Waals surface area contributed by atoms with E-state index in [1.54, 1.807) is 23.5 Å². The molecule has 1 fully saturated rings. The van der Waals surface area contributed by atoms with Crippen LogP contribution in [0.4, 0.5) is 8.78 Å². The van der Waals surface area contributed by atoms with Crippen LogP contribution in [0.3, 0.4) is 0 Å². The number of alkyl halides is 2. The van der Waals surface area contributed by atoms with Gasteiger partial charge in [-0.2, -0.15) is 8.78 Å². The van der Waals surface area contributed by atoms with Crippen molar-refractivity contribution in [2.75, 3.05) is 26.2 Å². The third-order valence-electron chi connectivity index (χ3n) is 4.24. The van der Waals surface area contributed by atoms with E-state index in [1.165, 1.54) is 17.0 Å². The predicted octanol–water partition coefficient (Wildman–Crippen LogP) is 3.89. The summed E-state index contributed by atoms with van der Waals surface area (Å²) in [5.41, 5.74) is 0.785. The lowest BCUT2D eigenvalue weighted by molar-refractivity contribution is -0.132. The summed E-state index contributed by atoms with van der Waals surface area (Å²) in [6.07, 6.45) is 0.259. The maximum atomic E-state index is 12.4. The normalized spacial score (nSPS) is 15.5. The van der Waals surface area contributed by atoms with E-state index in [1.807, 2.05) is 17.0 Å². The molecule has 2 aromatic rings. The molecule has 0 aliphatic carbocycles. The molecule has 1 aliphatic heterocycles. The molecule has 1 aromatic heterocycles. The van der Waals surface area contributed by atoms with Gasteiger partial charge in [0.2, 0.25) is 5.91 Å². The summed E-state index contributed by atoms with van der Waals surface area (Å²) in [7, 11) is 0. The second-order valence-electron chi connectivity index (χ2n) is 6.06. The molecule has 0 atom stereocenters. The zero-order valence-corrected chi connectivity index (χ0v) is 15.6. The monoisotopic (exact) mass is 400 g/mol. The van der Waals surface area contributed by atoms with Crippen molar-refractivity contribution in [3.63, 3.8) is 0 Å². The Kier molecular flexibility index (Phi) is 6.45. The van der Waals surface area contributed by atoms with Crippen LogP contribution in [0, 0.1) is 0 Å². The Hall–Kier alpha value is -1.70. The number of rotatable bonds is 6. The van der Waals surface area contributed by atoms with E-state index in [0.717, 1.165) is 29.5 Å². The molecule has 0 N–H and O–H groups in total. The molecule has 140 valence electrons. The first-order valence-electron chi connectivity index (χ1n) is 8.28. The van der Waals surface area contributed by atoms with Crippen molar-refractivity contribution in [1.29, 1.82) is 0 Å². The molecule has 0 spiro atoms. The summed E-state index contributed by atoms with van der Waals surface area (Å²) in [6.45, 7) is 1.02. The van der Waals surface area contributed by atoms with Gasteiger partial charge in [0.05, 0.1) is 10.8 Å². The first-order chi connectivity index (χ1) is 12.5. The number of thiophene rings is 1. The number of amides is 1. The molecule has 1 aliphatic rings. The van der Waals surface area contributed by atoms with Gasteiger partial charge in [0.25, 0.3) is 0 Å². The average molecular weight is 401 g/mol. The molecule has 0 radical (unpaired) electrons. The zero-order valence-electron chi connectivity index (χ0n) is 14.0. The lowest BCUT2D eigenvalue weighted by atomic mass is 10.1. The van der Waals surface area contributed by atoms with E-state index >= 15 is 0 Å². The highest BCUT2D eigenvalue weighted by atomic mass is 35.5. The van der Waals surface area contributed by atoms with Crippen LogP contribution in [0.1, 0.15) is 10.4 Å². The van der Waals surface area contributed by atoms with Crippen LogP contribution < -0.4 is 4.74 Å². The van der Waals surface area contributed by atoms with Crippen molar-refractivity contribution in [2.24, 2.45) is 0 Å². The second kappa shape index (κ2) is 8.79. The first-order valence-corrected chi connectivity index (χ1v) is 9.47. The fraction of sp³-hybridized carbons (Fsp3) is 0.389. The Morgan fingerprint density at radius 1 is 1.12 bits per heavy atom. The van der Waals surface area contributed by atoms with Gasteiger partial charge in [-0.25, -0.2) is 0 Å². The minimum Gasteiger partial charge on any atom is -0.435 e. The van der Waals surface area contributed by atoms with Gasteiger partial charge in [-0.05, 0) is 29.8 Å². The van der Waals surface area contributed by atoms with Crippen molar-refractivity contribution in [1.82, 2.24) is 9.80 Å². The minimum absolute atomic E-state index is 0.0475. The van der Waals surface area contributed by atoms with Crippen LogP contribution in [-0.4, -0.2) is 48.5 Å². The van der Waals surface area contributed by atoms with E-state index < -0.39 is 6.61 Å². The first kappa shape index (κ1) is 19.1. The number of ether oxygens (including phenoxy) is 1. The quantitative estimate of drug-likeness (QED) is 0.737. The highest BCUT2D eigenvalue weighted by molar-refractivity contribution is 7.16. The lowest BCUT2D eigenvalue weighted by Crippen LogP contribution is -2.48. The summed E-state index contributed by atoms with van der Waals surface area (Å²) in [6, 6.07) is 10.1. The maximum Gasteiger partial charge on any atom is 0.387 e. The van der Waals surface area contributed by atoms with Crippen LogP contribution in [0.25, 0.3) is 0 Å². The Balaban J connectivity index is 1.46. The van der Waals surface area contributed by atoms with E-state index in [4.69, 9.17) is 11.6 Å². The van der Waals surface area contributed by atoms with Gasteiger partial charge in [-0.3, -0.25) is 9.69 Å². The van der Waals surface area contributed by atoms with Crippen LogP contribution >= 0.6 is 22.9 Å². The van der Waals surface area contributed by atoms with E-state index in [9.17, 15) is 13.6 Å². The Morgan fingerprint density at radius 2 is 1.81 bits per heavy atom. The molecule has 1 saturated heterocycles. The van der Waals surface area contributed by atoms with Gasteiger partial charge >= 0.3 is 6.61 Å². The summed E-state index contributed by atoms with van der Waals surface area (Å²) in [4.78, 5) is 17.8. The minimum atomic E-state index is -2.84. The fourth-order valence-corrected chi connectivity index (χ4v) is 4.02. The second-order valence-corrected chi connectivity index (χ2v) is 7.86. The lowest BCUT2D eigenvalue weighted by Gasteiger charge is -2.34. The molecule has 3 rings (SSSR count). The number of hydrogen-bond donors (Lipinski definition) is 0. The van der Waals surface area contributed by atoms with Gasteiger partial charge in [-0.1, -0.05) is 23.7 Å². The van der Waals surface area contributed by atoms with Crippen LogP contribution in [0.5, 0.6) is 5.75 Å². The predicted molar refractivity (Wildman–Crippen MR) is 98.0 cm³/mol. The molecular weight excluding hydrogens is 382 g/mol. The Bertz CT molecular complexity index is 731. The molecule has 0 saturated carbocycles. The van der Waals surface area contributed by atoms with Crippen molar-refractivity contribution >= 4 is 28.8 Å². The fourth-order valence-electron chi connectivity index (χ4n) is 2.89. The van der Waals surface area contributed by atoms with Gasteiger partial charge in [-0.15, -0.1) is 11.3 Å². The smallest absolute Gasteiger partial charge is 0.387 e.